The second-order valence-corrected chi connectivity index (χ2v) is 9.46. The highest BCUT2D eigenvalue weighted by Crippen LogP contribution is 2.26. The van der Waals surface area contributed by atoms with E-state index in [-0.39, 0.29) is 35.7 Å². The number of carbonyl (C=O) groups is 1. The summed E-state index contributed by atoms with van der Waals surface area (Å²) in [5.41, 5.74) is 0.377. The molecular formula is C21H26FNO5S. The zero-order chi connectivity index (χ0) is 20.9. The van der Waals surface area contributed by atoms with E-state index in [1.807, 2.05) is 0 Å². The molecule has 1 aromatic carbocycles. The second-order valence-electron chi connectivity index (χ2n) is 7.24. The normalized spacial score (nSPS) is 18.1. The van der Waals surface area contributed by atoms with Gasteiger partial charge in [0, 0.05) is 39.1 Å². The second kappa shape index (κ2) is 9.54. The SMILES string of the molecule is COCCCN(C(=O)CCc1ccc(-c2ccccc2F)o1)C1CCS(=O)(=O)C1. The van der Waals surface area contributed by atoms with Gasteiger partial charge in [-0.05, 0) is 37.1 Å². The van der Waals surface area contributed by atoms with Crippen molar-refractivity contribution < 1.29 is 26.8 Å². The Hall–Kier alpha value is -2.19. The highest BCUT2D eigenvalue weighted by Gasteiger charge is 2.34. The van der Waals surface area contributed by atoms with Crippen LogP contribution in [0.25, 0.3) is 11.3 Å². The zero-order valence-electron chi connectivity index (χ0n) is 16.5. The van der Waals surface area contributed by atoms with E-state index in [9.17, 15) is 17.6 Å². The molecule has 2 heterocycles. The van der Waals surface area contributed by atoms with Crippen LogP contribution in [0.4, 0.5) is 4.39 Å². The molecule has 1 aliphatic rings. The number of furan rings is 1. The first-order chi connectivity index (χ1) is 13.9. The molecule has 1 atom stereocenters. The summed E-state index contributed by atoms with van der Waals surface area (Å²) < 4.78 is 48.3. The van der Waals surface area contributed by atoms with E-state index < -0.39 is 9.84 Å². The van der Waals surface area contributed by atoms with Crippen molar-refractivity contribution in [1.82, 2.24) is 4.90 Å². The van der Waals surface area contributed by atoms with E-state index >= 15 is 0 Å². The molecule has 6 nitrogen and oxygen atoms in total. The summed E-state index contributed by atoms with van der Waals surface area (Å²) in [6, 6.07) is 9.51. The number of ether oxygens (including phenoxy) is 1. The first-order valence-electron chi connectivity index (χ1n) is 9.72. The molecule has 1 saturated heterocycles. The molecule has 158 valence electrons. The molecule has 0 spiro atoms. The Morgan fingerprint density at radius 1 is 1.28 bits per heavy atom. The molecule has 0 radical (unpaired) electrons. The van der Waals surface area contributed by atoms with Gasteiger partial charge in [-0.3, -0.25) is 4.79 Å². The van der Waals surface area contributed by atoms with Crippen LogP contribution in [0.1, 0.15) is 25.0 Å². The van der Waals surface area contributed by atoms with Crippen molar-refractivity contribution in [3.8, 4) is 11.3 Å². The molecule has 1 fully saturated rings. The largest absolute Gasteiger partial charge is 0.461 e. The van der Waals surface area contributed by atoms with Gasteiger partial charge in [0.25, 0.3) is 0 Å². The molecule has 0 saturated carbocycles. The van der Waals surface area contributed by atoms with Crippen molar-refractivity contribution in [2.24, 2.45) is 0 Å². The number of hydrogen-bond donors (Lipinski definition) is 0. The molecular weight excluding hydrogens is 397 g/mol. The molecule has 3 rings (SSSR count). The molecule has 2 aromatic rings. The number of benzene rings is 1. The molecule has 0 N–H and O–H groups in total. The maximum Gasteiger partial charge on any atom is 0.223 e. The number of hydrogen-bond acceptors (Lipinski definition) is 5. The molecule has 1 aromatic heterocycles. The summed E-state index contributed by atoms with van der Waals surface area (Å²) in [4.78, 5) is 14.5. The van der Waals surface area contributed by atoms with Crippen LogP contribution >= 0.6 is 0 Å². The van der Waals surface area contributed by atoms with Crippen molar-refractivity contribution in [3.05, 3.63) is 48.0 Å². The van der Waals surface area contributed by atoms with E-state index in [4.69, 9.17) is 9.15 Å². The zero-order valence-corrected chi connectivity index (χ0v) is 17.3. The van der Waals surface area contributed by atoms with E-state index in [2.05, 4.69) is 0 Å². The number of rotatable bonds is 9. The van der Waals surface area contributed by atoms with Gasteiger partial charge in [0.2, 0.25) is 5.91 Å². The van der Waals surface area contributed by atoms with Crippen LogP contribution in [-0.4, -0.2) is 57.0 Å². The smallest absolute Gasteiger partial charge is 0.223 e. The van der Waals surface area contributed by atoms with Crippen molar-refractivity contribution in [2.75, 3.05) is 31.8 Å². The van der Waals surface area contributed by atoms with Crippen LogP contribution in [0.2, 0.25) is 0 Å². The molecule has 29 heavy (non-hydrogen) atoms. The molecule has 0 aliphatic carbocycles. The predicted octanol–water partition coefficient (Wildman–Crippen LogP) is 3.07. The molecule has 0 bridgehead atoms. The number of halogens is 1. The fourth-order valence-corrected chi connectivity index (χ4v) is 5.33. The third-order valence-corrected chi connectivity index (χ3v) is 6.85. The Morgan fingerprint density at radius 3 is 2.76 bits per heavy atom. The lowest BCUT2D eigenvalue weighted by molar-refractivity contribution is -0.133. The van der Waals surface area contributed by atoms with Crippen molar-refractivity contribution in [2.45, 2.75) is 31.7 Å². The number of sulfone groups is 1. The lowest BCUT2D eigenvalue weighted by Crippen LogP contribution is -2.42. The summed E-state index contributed by atoms with van der Waals surface area (Å²) >= 11 is 0. The van der Waals surface area contributed by atoms with Gasteiger partial charge in [-0.1, -0.05) is 12.1 Å². The Labute approximate surface area is 170 Å². The van der Waals surface area contributed by atoms with Gasteiger partial charge < -0.3 is 14.1 Å². The van der Waals surface area contributed by atoms with Crippen molar-refractivity contribution in [1.29, 1.82) is 0 Å². The maximum atomic E-state index is 13.9. The topological polar surface area (TPSA) is 76.8 Å². The lowest BCUT2D eigenvalue weighted by atomic mass is 10.1. The first-order valence-corrected chi connectivity index (χ1v) is 11.5. The summed E-state index contributed by atoms with van der Waals surface area (Å²) in [5.74, 6) is 0.681. The number of aryl methyl sites for hydroxylation is 1. The number of amides is 1. The lowest BCUT2D eigenvalue weighted by Gasteiger charge is -2.28. The fourth-order valence-electron chi connectivity index (χ4n) is 3.60. The van der Waals surface area contributed by atoms with Crippen LogP contribution in [0.5, 0.6) is 0 Å². The summed E-state index contributed by atoms with van der Waals surface area (Å²) in [7, 11) is -1.49. The standard InChI is InChI=1S/C21H26FNO5S/c1-27-13-4-12-23(16-11-14-29(25,26)15-16)21(24)10-8-17-7-9-20(28-17)18-5-2-3-6-19(18)22/h2-3,5-7,9,16H,4,8,10-15H2,1H3. The van der Waals surface area contributed by atoms with Gasteiger partial charge in [0.05, 0.1) is 17.1 Å². The number of nitrogens with zero attached hydrogens (tertiary/aromatic N) is 1. The monoisotopic (exact) mass is 423 g/mol. The van der Waals surface area contributed by atoms with Crippen LogP contribution in [0.3, 0.4) is 0 Å². The minimum atomic E-state index is -3.08. The van der Waals surface area contributed by atoms with Crippen LogP contribution in [0.15, 0.2) is 40.8 Å². The average Bonchev–Trinajstić information content (AvgIpc) is 3.30. The van der Waals surface area contributed by atoms with Crippen LogP contribution < -0.4 is 0 Å². The van der Waals surface area contributed by atoms with Gasteiger partial charge in [0.15, 0.2) is 9.84 Å². The molecule has 1 unspecified atom stereocenters. The van der Waals surface area contributed by atoms with Crippen molar-refractivity contribution >= 4 is 15.7 Å². The Morgan fingerprint density at radius 2 is 2.07 bits per heavy atom. The minimum Gasteiger partial charge on any atom is -0.461 e. The average molecular weight is 424 g/mol. The van der Waals surface area contributed by atoms with E-state index in [1.165, 1.54) is 6.07 Å². The highest BCUT2D eigenvalue weighted by atomic mass is 32.2. The predicted molar refractivity (Wildman–Crippen MR) is 108 cm³/mol. The number of carbonyl (C=O) groups excluding carboxylic acids is 1. The third kappa shape index (κ3) is 5.67. The maximum absolute atomic E-state index is 13.9. The van der Waals surface area contributed by atoms with E-state index in [1.54, 1.807) is 42.3 Å². The summed E-state index contributed by atoms with van der Waals surface area (Å²) in [6.45, 7) is 0.971. The third-order valence-electron chi connectivity index (χ3n) is 5.10. The number of methoxy groups -OCH3 is 1. The van der Waals surface area contributed by atoms with Gasteiger partial charge in [-0.2, -0.15) is 0 Å². The Kier molecular flexibility index (Phi) is 7.08. The first kappa shape index (κ1) is 21.5. The fraction of sp³-hybridized carbons (Fsp3) is 0.476. The van der Waals surface area contributed by atoms with Crippen molar-refractivity contribution in [3.63, 3.8) is 0 Å². The van der Waals surface area contributed by atoms with Gasteiger partial charge in [-0.15, -0.1) is 0 Å². The Bertz CT molecular complexity index is 940. The van der Waals surface area contributed by atoms with E-state index in [0.717, 1.165) is 0 Å². The highest BCUT2D eigenvalue weighted by molar-refractivity contribution is 7.91. The van der Waals surface area contributed by atoms with E-state index in [0.29, 0.717) is 49.5 Å². The molecule has 1 amide bonds. The summed E-state index contributed by atoms with van der Waals surface area (Å²) in [5, 5.41) is 0. The Balaban J connectivity index is 1.63. The quantitative estimate of drug-likeness (QED) is 0.580. The van der Waals surface area contributed by atoms with Gasteiger partial charge >= 0.3 is 0 Å². The summed E-state index contributed by atoms with van der Waals surface area (Å²) in [6.07, 6.45) is 1.69. The van der Waals surface area contributed by atoms with Gasteiger partial charge in [-0.25, -0.2) is 12.8 Å². The van der Waals surface area contributed by atoms with Crippen LogP contribution in [-0.2, 0) is 25.8 Å². The van der Waals surface area contributed by atoms with Crippen LogP contribution in [0, 0.1) is 5.82 Å². The minimum absolute atomic E-state index is 0.0178. The molecule has 1 aliphatic heterocycles. The molecule has 8 heteroatoms. The van der Waals surface area contributed by atoms with Gasteiger partial charge in [0.1, 0.15) is 17.3 Å².